The van der Waals surface area contributed by atoms with Crippen molar-refractivity contribution in [2.45, 2.75) is 54.4 Å². The van der Waals surface area contributed by atoms with Crippen LogP contribution in [0.2, 0.25) is 0 Å². The molecule has 3 aliphatic carbocycles. The van der Waals surface area contributed by atoms with Gasteiger partial charge in [-0.25, -0.2) is 0 Å². The summed E-state index contributed by atoms with van der Waals surface area (Å²) < 4.78 is 0. The Bertz CT molecular complexity index is 507. The molecular formula is C19H26. The lowest BCUT2D eigenvalue weighted by molar-refractivity contribution is 0.576. The Kier molecular flexibility index (Phi) is 2.71. The zero-order valence-electron chi connectivity index (χ0n) is 13.2. The normalized spacial score (nSPS) is 24.4. The second-order valence-corrected chi connectivity index (χ2v) is 7.51. The zero-order chi connectivity index (χ0) is 13.9. The van der Waals surface area contributed by atoms with Crippen molar-refractivity contribution >= 4 is 0 Å². The van der Waals surface area contributed by atoms with Gasteiger partial charge in [-0.15, -0.1) is 0 Å². The van der Waals surface area contributed by atoms with Gasteiger partial charge in [0.2, 0.25) is 0 Å². The molecule has 3 rings (SSSR count). The van der Waals surface area contributed by atoms with Crippen LogP contribution < -0.4 is 0 Å². The smallest absolute Gasteiger partial charge is 0.0152 e. The van der Waals surface area contributed by atoms with E-state index >= 15 is 0 Å². The quantitative estimate of drug-likeness (QED) is 0.602. The molecule has 0 N–H and O–H groups in total. The molecule has 0 saturated carbocycles. The predicted molar refractivity (Wildman–Crippen MR) is 82.9 cm³/mol. The fourth-order valence-corrected chi connectivity index (χ4v) is 3.79. The first-order chi connectivity index (χ1) is 8.82. The maximum absolute atomic E-state index is 2.50. The molecule has 102 valence electrons. The Morgan fingerprint density at radius 3 is 1.47 bits per heavy atom. The van der Waals surface area contributed by atoms with Crippen LogP contribution in [0.25, 0.3) is 0 Å². The van der Waals surface area contributed by atoms with Crippen molar-refractivity contribution < 1.29 is 0 Å². The highest BCUT2D eigenvalue weighted by molar-refractivity contribution is 5.68. The van der Waals surface area contributed by atoms with Crippen molar-refractivity contribution in [3.8, 4) is 0 Å². The molecule has 0 amide bonds. The average molecular weight is 254 g/mol. The number of fused-ring (bicyclic) bond motifs is 1. The topological polar surface area (TPSA) is 0 Å². The molecule has 0 heterocycles. The first-order valence-electron chi connectivity index (χ1n) is 7.71. The third-order valence-electron chi connectivity index (χ3n) is 5.27. The third-order valence-corrected chi connectivity index (χ3v) is 5.27. The van der Waals surface area contributed by atoms with Gasteiger partial charge in [-0.05, 0) is 47.0 Å². The molecule has 3 aliphatic rings. The molecule has 0 bridgehead atoms. The maximum atomic E-state index is 2.50. The molecule has 0 unspecified atom stereocenters. The first kappa shape index (κ1) is 13.0. The third kappa shape index (κ3) is 1.72. The number of hydrogen-bond donors (Lipinski definition) is 0. The summed E-state index contributed by atoms with van der Waals surface area (Å²) in [6.07, 6.45) is 7.41. The largest absolute Gasteiger partial charge is 0.0629 e. The van der Waals surface area contributed by atoms with E-state index in [4.69, 9.17) is 0 Å². The Morgan fingerprint density at radius 2 is 1.16 bits per heavy atom. The van der Waals surface area contributed by atoms with Crippen LogP contribution in [0.4, 0.5) is 0 Å². The standard InChI is InChI=1S/C19H26/c1-11(2)13-7-15-16-8-14(12(3)4)10-18(16)19(5,6)17(15)9-13/h9-12H,7-8H2,1-6H3. The van der Waals surface area contributed by atoms with Crippen LogP contribution in [0, 0.1) is 17.3 Å². The fourth-order valence-electron chi connectivity index (χ4n) is 3.79. The molecule has 0 aliphatic heterocycles. The summed E-state index contributed by atoms with van der Waals surface area (Å²) in [6, 6.07) is 0. The Labute approximate surface area is 118 Å². The van der Waals surface area contributed by atoms with Gasteiger partial charge in [0.15, 0.2) is 0 Å². The van der Waals surface area contributed by atoms with Crippen molar-refractivity contribution in [2.75, 3.05) is 0 Å². The van der Waals surface area contributed by atoms with E-state index in [1.54, 1.807) is 33.4 Å². The van der Waals surface area contributed by atoms with Crippen LogP contribution in [0.15, 0.2) is 45.6 Å². The molecule has 0 aromatic carbocycles. The molecule has 0 spiro atoms. The van der Waals surface area contributed by atoms with E-state index < -0.39 is 0 Å². The number of allylic oxidation sites excluding steroid dienone is 8. The van der Waals surface area contributed by atoms with Crippen molar-refractivity contribution in [3.63, 3.8) is 0 Å². The summed E-state index contributed by atoms with van der Waals surface area (Å²) in [5, 5.41) is 0. The summed E-state index contributed by atoms with van der Waals surface area (Å²) in [6.45, 7) is 14.1. The Balaban J connectivity index is 1.96. The summed E-state index contributed by atoms with van der Waals surface area (Å²) in [5.74, 6) is 1.37. The van der Waals surface area contributed by atoms with Crippen molar-refractivity contribution in [1.29, 1.82) is 0 Å². The Morgan fingerprint density at radius 1 is 0.789 bits per heavy atom. The van der Waals surface area contributed by atoms with Gasteiger partial charge in [0.25, 0.3) is 0 Å². The van der Waals surface area contributed by atoms with Gasteiger partial charge in [-0.2, -0.15) is 0 Å². The molecule has 0 atom stereocenters. The molecule has 0 saturated heterocycles. The van der Waals surface area contributed by atoms with E-state index in [2.05, 4.69) is 53.7 Å². The van der Waals surface area contributed by atoms with Crippen LogP contribution in [0.5, 0.6) is 0 Å². The predicted octanol–water partition coefficient (Wildman–Crippen LogP) is 5.59. The number of rotatable bonds is 2. The highest BCUT2D eigenvalue weighted by Crippen LogP contribution is 2.57. The summed E-state index contributed by atoms with van der Waals surface area (Å²) in [7, 11) is 0. The lowest BCUT2D eigenvalue weighted by Crippen LogP contribution is -2.12. The van der Waals surface area contributed by atoms with E-state index in [1.165, 1.54) is 12.8 Å². The van der Waals surface area contributed by atoms with Gasteiger partial charge in [0.1, 0.15) is 0 Å². The van der Waals surface area contributed by atoms with E-state index in [9.17, 15) is 0 Å². The summed E-state index contributed by atoms with van der Waals surface area (Å²) in [5.41, 5.74) is 10.0. The van der Waals surface area contributed by atoms with Crippen LogP contribution in [0.3, 0.4) is 0 Å². The molecule has 0 nitrogen and oxygen atoms in total. The lowest BCUT2D eigenvalue weighted by Gasteiger charge is -2.24. The van der Waals surface area contributed by atoms with Crippen LogP contribution in [0.1, 0.15) is 54.4 Å². The molecule has 0 fully saturated rings. The van der Waals surface area contributed by atoms with Crippen molar-refractivity contribution in [1.82, 2.24) is 0 Å². The SMILES string of the molecule is CC(C)C1=CC2=C(C1)C1=C(C=C(C(C)C)C1)C2(C)C. The van der Waals surface area contributed by atoms with Gasteiger partial charge >= 0.3 is 0 Å². The van der Waals surface area contributed by atoms with Gasteiger partial charge in [-0.3, -0.25) is 0 Å². The van der Waals surface area contributed by atoms with Crippen LogP contribution in [-0.4, -0.2) is 0 Å². The van der Waals surface area contributed by atoms with Gasteiger partial charge in [0.05, 0.1) is 0 Å². The number of hydrogen-bond acceptors (Lipinski definition) is 0. The minimum atomic E-state index is 0.234. The molecule has 0 radical (unpaired) electrons. The van der Waals surface area contributed by atoms with Gasteiger partial charge in [-0.1, -0.05) is 64.8 Å². The highest BCUT2D eigenvalue weighted by Gasteiger charge is 2.42. The molecule has 19 heavy (non-hydrogen) atoms. The second-order valence-electron chi connectivity index (χ2n) is 7.51. The Hall–Kier alpha value is -1.04. The van der Waals surface area contributed by atoms with Crippen LogP contribution in [-0.2, 0) is 0 Å². The van der Waals surface area contributed by atoms with E-state index in [1.807, 2.05) is 0 Å². The van der Waals surface area contributed by atoms with Gasteiger partial charge in [0, 0.05) is 5.41 Å². The maximum Gasteiger partial charge on any atom is 0.0152 e. The van der Waals surface area contributed by atoms with E-state index in [0.717, 1.165) is 0 Å². The monoisotopic (exact) mass is 254 g/mol. The molecular weight excluding hydrogens is 228 g/mol. The van der Waals surface area contributed by atoms with Crippen molar-refractivity contribution in [2.24, 2.45) is 17.3 Å². The summed E-state index contributed by atoms with van der Waals surface area (Å²) in [4.78, 5) is 0. The second kappa shape index (κ2) is 3.98. The van der Waals surface area contributed by atoms with Gasteiger partial charge < -0.3 is 0 Å². The fraction of sp³-hybridized carbons (Fsp3) is 0.579. The highest BCUT2D eigenvalue weighted by atomic mass is 14.5. The lowest BCUT2D eigenvalue weighted by atomic mass is 9.80. The zero-order valence-corrected chi connectivity index (χ0v) is 13.2. The molecule has 0 aromatic heterocycles. The minimum absolute atomic E-state index is 0.234. The van der Waals surface area contributed by atoms with Crippen LogP contribution >= 0.6 is 0 Å². The first-order valence-corrected chi connectivity index (χ1v) is 7.71. The molecule has 0 heteroatoms. The van der Waals surface area contributed by atoms with E-state index in [0.29, 0.717) is 11.8 Å². The summed E-state index contributed by atoms with van der Waals surface area (Å²) >= 11 is 0. The molecule has 0 aromatic rings. The van der Waals surface area contributed by atoms with E-state index in [-0.39, 0.29) is 5.41 Å². The average Bonchev–Trinajstić information content (AvgIpc) is 2.95. The van der Waals surface area contributed by atoms with Crippen molar-refractivity contribution in [3.05, 3.63) is 45.6 Å². The minimum Gasteiger partial charge on any atom is -0.0629 e.